The van der Waals surface area contributed by atoms with E-state index in [0.717, 1.165) is 12.4 Å². The predicted octanol–water partition coefficient (Wildman–Crippen LogP) is 2.33. The molecule has 2 rings (SSSR count). The van der Waals surface area contributed by atoms with E-state index in [1.807, 2.05) is 37.5 Å². The van der Waals surface area contributed by atoms with E-state index in [1.54, 1.807) is 6.20 Å². The van der Waals surface area contributed by atoms with Gasteiger partial charge in [-0.3, -0.25) is 0 Å². The van der Waals surface area contributed by atoms with Gasteiger partial charge in [0.05, 0.1) is 0 Å². The van der Waals surface area contributed by atoms with Crippen molar-refractivity contribution in [3.8, 4) is 0 Å². The lowest BCUT2D eigenvalue weighted by Crippen LogP contribution is -2.01. The van der Waals surface area contributed by atoms with Gasteiger partial charge >= 0.3 is 0 Å². The Morgan fingerprint density at radius 1 is 1.43 bits per heavy atom. The van der Waals surface area contributed by atoms with Crippen LogP contribution in [0.4, 0.5) is 5.82 Å². The summed E-state index contributed by atoms with van der Waals surface area (Å²) in [6.45, 7) is 2.85. The van der Waals surface area contributed by atoms with Crippen molar-refractivity contribution in [3.63, 3.8) is 0 Å². The molecule has 0 saturated carbocycles. The van der Waals surface area contributed by atoms with Crippen LogP contribution in [0.1, 0.15) is 11.1 Å². The summed E-state index contributed by atoms with van der Waals surface area (Å²) in [4.78, 5) is 7.28. The monoisotopic (exact) mass is 187 g/mol. The number of nitrogens with zero attached hydrogens (tertiary/aromatic N) is 1. The Bertz CT molecular complexity index is 393. The van der Waals surface area contributed by atoms with E-state index >= 15 is 0 Å². The lowest BCUT2D eigenvalue weighted by molar-refractivity contribution is 1.10. The third kappa shape index (κ3) is 1.93. The number of hydrogen-bond acceptors (Lipinski definition) is 2. The fraction of sp³-hybridized carbons (Fsp3) is 0.182. The number of aryl methyl sites for hydroxylation is 1. The van der Waals surface area contributed by atoms with E-state index in [1.165, 1.54) is 11.1 Å². The van der Waals surface area contributed by atoms with Crippen LogP contribution in [0.15, 0.2) is 36.8 Å². The minimum atomic E-state index is 0.807. The van der Waals surface area contributed by atoms with Gasteiger partial charge in [0.25, 0.3) is 0 Å². The van der Waals surface area contributed by atoms with Gasteiger partial charge in [0, 0.05) is 25.1 Å². The van der Waals surface area contributed by atoms with Crippen molar-refractivity contribution in [2.24, 2.45) is 0 Å². The number of anilines is 1. The fourth-order valence-corrected chi connectivity index (χ4v) is 1.32. The van der Waals surface area contributed by atoms with Crippen LogP contribution in [0.25, 0.3) is 0 Å². The quantitative estimate of drug-likeness (QED) is 0.774. The first kappa shape index (κ1) is 8.81. The lowest BCUT2D eigenvalue weighted by atomic mass is 10.3. The van der Waals surface area contributed by atoms with Gasteiger partial charge in [-0.15, -0.1) is 0 Å². The highest BCUT2D eigenvalue weighted by Crippen LogP contribution is 2.10. The van der Waals surface area contributed by atoms with Crippen molar-refractivity contribution >= 4 is 5.82 Å². The maximum atomic E-state index is 4.26. The van der Waals surface area contributed by atoms with Crippen LogP contribution in [0.5, 0.6) is 0 Å². The Labute approximate surface area is 83.2 Å². The number of hydrogen-bond donors (Lipinski definition) is 2. The van der Waals surface area contributed by atoms with Crippen molar-refractivity contribution in [1.29, 1.82) is 0 Å². The van der Waals surface area contributed by atoms with E-state index in [9.17, 15) is 0 Å². The molecule has 3 heteroatoms. The van der Waals surface area contributed by atoms with Gasteiger partial charge in [-0.05, 0) is 30.2 Å². The summed E-state index contributed by atoms with van der Waals surface area (Å²) in [7, 11) is 0. The summed E-state index contributed by atoms with van der Waals surface area (Å²) in [5.74, 6) is 0.953. The van der Waals surface area contributed by atoms with Crippen molar-refractivity contribution in [3.05, 3.63) is 47.9 Å². The van der Waals surface area contributed by atoms with Crippen LogP contribution in [-0.2, 0) is 6.54 Å². The van der Waals surface area contributed by atoms with E-state index in [4.69, 9.17) is 0 Å². The maximum Gasteiger partial charge on any atom is 0.129 e. The zero-order chi connectivity index (χ0) is 9.80. The van der Waals surface area contributed by atoms with Crippen LogP contribution in [-0.4, -0.2) is 9.97 Å². The highest BCUT2D eigenvalue weighted by Gasteiger charge is 1.97. The van der Waals surface area contributed by atoms with Gasteiger partial charge in [-0.1, -0.05) is 6.07 Å². The number of nitrogens with one attached hydrogen (secondary N) is 2. The molecule has 0 aliphatic carbocycles. The third-order valence-corrected chi connectivity index (χ3v) is 2.13. The smallest absolute Gasteiger partial charge is 0.129 e. The third-order valence-electron chi connectivity index (χ3n) is 2.13. The van der Waals surface area contributed by atoms with Crippen molar-refractivity contribution in [1.82, 2.24) is 9.97 Å². The van der Waals surface area contributed by atoms with E-state index in [0.29, 0.717) is 0 Å². The van der Waals surface area contributed by atoms with Gasteiger partial charge in [-0.25, -0.2) is 4.98 Å². The number of pyridine rings is 1. The van der Waals surface area contributed by atoms with E-state index in [-0.39, 0.29) is 0 Å². The summed E-state index contributed by atoms with van der Waals surface area (Å²) in [5, 5.41) is 3.28. The van der Waals surface area contributed by atoms with Crippen LogP contribution < -0.4 is 5.32 Å². The summed E-state index contributed by atoms with van der Waals surface area (Å²) in [6, 6.07) is 6.04. The summed E-state index contributed by atoms with van der Waals surface area (Å²) >= 11 is 0. The van der Waals surface area contributed by atoms with Crippen molar-refractivity contribution < 1.29 is 0 Å². The second-order valence-electron chi connectivity index (χ2n) is 3.24. The van der Waals surface area contributed by atoms with Crippen molar-refractivity contribution in [2.45, 2.75) is 13.5 Å². The molecule has 2 heterocycles. The molecule has 0 atom stereocenters. The maximum absolute atomic E-state index is 4.26. The SMILES string of the molecule is Cc1cccnc1NCc1cc[nH]c1. The standard InChI is InChI=1S/C11H13N3/c1-9-3-2-5-13-11(9)14-8-10-4-6-12-7-10/h2-7,12H,8H2,1H3,(H,13,14). The molecule has 0 aromatic carbocycles. The normalized spacial score (nSPS) is 10.1. The zero-order valence-corrected chi connectivity index (χ0v) is 8.12. The van der Waals surface area contributed by atoms with Crippen molar-refractivity contribution in [2.75, 3.05) is 5.32 Å². The zero-order valence-electron chi connectivity index (χ0n) is 8.12. The van der Waals surface area contributed by atoms with Gasteiger partial charge in [0.15, 0.2) is 0 Å². The van der Waals surface area contributed by atoms with Crippen LogP contribution in [0.3, 0.4) is 0 Å². The van der Waals surface area contributed by atoms with Crippen LogP contribution in [0.2, 0.25) is 0 Å². The highest BCUT2D eigenvalue weighted by atomic mass is 15.0. The first-order valence-electron chi connectivity index (χ1n) is 4.63. The number of H-pyrrole nitrogens is 1. The topological polar surface area (TPSA) is 40.7 Å². The summed E-state index contributed by atoms with van der Waals surface area (Å²) < 4.78 is 0. The summed E-state index contributed by atoms with van der Waals surface area (Å²) in [6.07, 6.45) is 5.69. The van der Waals surface area contributed by atoms with E-state index < -0.39 is 0 Å². The molecular weight excluding hydrogens is 174 g/mol. The molecule has 2 aromatic rings. The summed E-state index contributed by atoms with van der Waals surface area (Å²) in [5.41, 5.74) is 2.40. The number of aromatic nitrogens is 2. The minimum Gasteiger partial charge on any atom is -0.367 e. The lowest BCUT2D eigenvalue weighted by Gasteiger charge is -2.06. The van der Waals surface area contributed by atoms with E-state index in [2.05, 4.69) is 15.3 Å². The Balaban J connectivity index is 2.02. The first-order chi connectivity index (χ1) is 6.86. The largest absolute Gasteiger partial charge is 0.367 e. The fourth-order valence-electron chi connectivity index (χ4n) is 1.32. The van der Waals surface area contributed by atoms with Crippen LogP contribution in [0, 0.1) is 6.92 Å². The average Bonchev–Trinajstić information content (AvgIpc) is 2.69. The number of rotatable bonds is 3. The molecular formula is C11H13N3. The molecule has 0 aliphatic heterocycles. The molecule has 0 bridgehead atoms. The van der Waals surface area contributed by atoms with Crippen LogP contribution >= 0.6 is 0 Å². The molecule has 72 valence electrons. The molecule has 0 spiro atoms. The molecule has 2 aromatic heterocycles. The number of aromatic amines is 1. The highest BCUT2D eigenvalue weighted by molar-refractivity contribution is 5.42. The Morgan fingerprint density at radius 2 is 2.36 bits per heavy atom. The second kappa shape index (κ2) is 3.96. The molecule has 0 aliphatic rings. The molecule has 0 fully saturated rings. The Morgan fingerprint density at radius 3 is 3.07 bits per heavy atom. The molecule has 2 N–H and O–H groups in total. The molecule has 0 saturated heterocycles. The first-order valence-corrected chi connectivity index (χ1v) is 4.63. The van der Waals surface area contributed by atoms with Gasteiger partial charge in [-0.2, -0.15) is 0 Å². The molecule has 14 heavy (non-hydrogen) atoms. The predicted molar refractivity (Wildman–Crippen MR) is 57.1 cm³/mol. The molecule has 3 nitrogen and oxygen atoms in total. The van der Waals surface area contributed by atoms with Gasteiger partial charge in [0.2, 0.25) is 0 Å². The molecule has 0 radical (unpaired) electrons. The van der Waals surface area contributed by atoms with Gasteiger partial charge < -0.3 is 10.3 Å². The molecule has 0 unspecified atom stereocenters. The van der Waals surface area contributed by atoms with Gasteiger partial charge in [0.1, 0.15) is 5.82 Å². The Hall–Kier alpha value is -1.77. The molecule has 0 amide bonds. The second-order valence-corrected chi connectivity index (χ2v) is 3.24. The Kier molecular flexibility index (Phi) is 2.49. The average molecular weight is 187 g/mol. The minimum absolute atomic E-state index is 0.807.